The molecule has 3 nitrogen and oxygen atoms in total. The number of nitrogens with zero attached hydrogens (tertiary/aromatic N) is 2. The summed E-state index contributed by atoms with van der Waals surface area (Å²) in [7, 11) is 2.03. The van der Waals surface area contributed by atoms with Crippen LogP contribution in [0.15, 0.2) is 42.5 Å². The van der Waals surface area contributed by atoms with Crippen LogP contribution in [0, 0.1) is 0 Å². The van der Waals surface area contributed by atoms with Crippen LogP contribution in [0.3, 0.4) is 0 Å². The van der Waals surface area contributed by atoms with Gasteiger partial charge in [-0.1, -0.05) is 23.7 Å². The Hall–Kier alpha value is -2.00. The van der Waals surface area contributed by atoms with Crippen molar-refractivity contribution < 1.29 is 0 Å². The summed E-state index contributed by atoms with van der Waals surface area (Å²) in [5, 5.41) is 0.739. The molecule has 0 fully saturated rings. The molecule has 3 rings (SSSR count). The van der Waals surface area contributed by atoms with Crippen molar-refractivity contribution in [1.29, 1.82) is 0 Å². The van der Waals surface area contributed by atoms with Crippen LogP contribution in [-0.2, 0) is 19.9 Å². The van der Waals surface area contributed by atoms with E-state index in [1.54, 1.807) is 0 Å². The number of benzene rings is 2. The number of nitrogens with two attached hydrogens (primary N) is 1. The van der Waals surface area contributed by atoms with Gasteiger partial charge in [0.1, 0.15) is 5.82 Å². The van der Waals surface area contributed by atoms with Crippen LogP contribution in [0.5, 0.6) is 0 Å². The van der Waals surface area contributed by atoms with Gasteiger partial charge >= 0.3 is 0 Å². The molecule has 1 heterocycles. The van der Waals surface area contributed by atoms with Crippen molar-refractivity contribution in [1.82, 2.24) is 9.55 Å². The maximum Gasteiger partial charge on any atom is 0.109 e. The average molecular weight is 286 g/mol. The second-order valence-corrected chi connectivity index (χ2v) is 5.40. The smallest absolute Gasteiger partial charge is 0.109 e. The number of hydrogen-bond donors (Lipinski definition) is 1. The standard InChI is InChI=1S/C16H16ClN3/c1-20-15-10-12(17)6-7-14(15)19-16(20)8-5-11-3-2-4-13(18)9-11/h2-4,6-7,9-10H,5,8,18H2,1H3. The van der Waals surface area contributed by atoms with Crippen molar-refractivity contribution in [3.63, 3.8) is 0 Å². The Bertz CT molecular complexity index is 762. The molecule has 0 aliphatic heterocycles. The van der Waals surface area contributed by atoms with E-state index in [9.17, 15) is 0 Å². The molecule has 2 N–H and O–H groups in total. The molecule has 0 aliphatic carbocycles. The summed E-state index contributed by atoms with van der Waals surface area (Å²) in [5.74, 6) is 1.06. The lowest BCUT2D eigenvalue weighted by Gasteiger charge is -2.04. The summed E-state index contributed by atoms with van der Waals surface area (Å²) < 4.78 is 2.10. The zero-order valence-corrected chi connectivity index (χ0v) is 12.1. The van der Waals surface area contributed by atoms with Crippen LogP contribution < -0.4 is 5.73 Å². The number of hydrogen-bond acceptors (Lipinski definition) is 2. The topological polar surface area (TPSA) is 43.8 Å². The predicted octanol–water partition coefficient (Wildman–Crippen LogP) is 3.59. The monoisotopic (exact) mass is 285 g/mol. The highest BCUT2D eigenvalue weighted by Crippen LogP contribution is 2.20. The third-order valence-corrected chi connectivity index (χ3v) is 3.76. The highest BCUT2D eigenvalue weighted by atomic mass is 35.5. The molecule has 102 valence electrons. The highest BCUT2D eigenvalue weighted by molar-refractivity contribution is 6.31. The fourth-order valence-corrected chi connectivity index (χ4v) is 2.61. The zero-order valence-electron chi connectivity index (χ0n) is 11.3. The molecule has 0 atom stereocenters. The normalized spacial score (nSPS) is 11.1. The zero-order chi connectivity index (χ0) is 14.1. The molecule has 0 saturated carbocycles. The maximum absolute atomic E-state index is 6.04. The lowest BCUT2D eigenvalue weighted by atomic mass is 10.1. The van der Waals surface area contributed by atoms with E-state index in [0.717, 1.165) is 40.4 Å². The van der Waals surface area contributed by atoms with Gasteiger partial charge in [-0.2, -0.15) is 0 Å². The van der Waals surface area contributed by atoms with Gasteiger partial charge in [0.15, 0.2) is 0 Å². The fraction of sp³-hybridized carbons (Fsp3) is 0.188. The van der Waals surface area contributed by atoms with E-state index < -0.39 is 0 Å². The van der Waals surface area contributed by atoms with Crippen LogP contribution in [0.4, 0.5) is 5.69 Å². The second kappa shape index (κ2) is 5.17. The number of rotatable bonds is 3. The van der Waals surface area contributed by atoms with Gasteiger partial charge < -0.3 is 10.3 Å². The Kier molecular flexibility index (Phi) is 3.36. The molecule has 0 bridgehead atoms. The lowest BCUT2D eigenvalue weighted by Crippen LogP contribution is -2.00. The third kappa shape index (κ3) is 2.49. The van der Waals surface area contributed by atoms with Gasteiger partial charge in [-0.15, -0.1) is 0 Å². The first-order chi connectivity index (χ1) is 9.63. The van der Waals surface area contributed by atoms with E-state index in [0.29, 0.717) is 0 Å². The van der Waals surface area contributed by atoms with Gasteiger partial charge in [0.25, 0.3) is 0 Å². The number of fused-ring (bicyclic) bond motifs is 1. The summed E-state index contributed by atoms with van der Waals surface area (Å²) in [6, 6.07) is 13.8. The predicted molar refractivity (Wildman–Crippen MR) is 84.0 cm³/mol. The fourth-order valence-electron chi connectivity index (χ4n) is 2.44. The molecular formula is C16H16ClN3. The summed E-state index contributed by atoms with van der Waals surface area (Å²) in [4.78, 5) is 4.66. The van der Waals surface area contributed by atoms with E-state index >= 15 is 0 Å². The molecule has 3 aromatic rings. The van der Waals surface area contributed by atoms with Crippen molar-refractivity contribution >= 4 is 28.3 Å². The minimum Gasteiger partial charge on any atom is -0.399 e. The van der Waals surface area contributed by atoms with Gasteiger partial charge in [0, 0.05) is 24.2 Å². The molecule has 0 aliphatic rings. The molecule has 2 aromatic carbocycles. The number of halogens is 1. The van der Waals surface area contributed by atoms with Crippen LogP contribution >= 0.6 is 11.6 Å². The Morgan fingerprint density at radius 2 is 2.00 bits per heavy atom. The summed E-state index contributed by atoms with van der Waals surface area (Å²) >= 11 is 6.04. The number of aryl methyl sites for hydroxylation is 3. The number of anilines is 1. The van der Waals surface area contributed by atoms with Crippen molar-refractivity contribution in [2.75, 3.05) is 5.73 Å². The third-order valence-electron chi connectivity index (χ3n) is 3.52. The Morgan fingerprint density at radius 1 is 1.15 bits per heavy atom. The molecule has 0 unspecified atom stereocenters. The molecule has 4 heteroatoms. The van der Waals surface area contributed by atoms with Crippen LogP contribution in [-0.4, -0.2) is 9.55 Å². The number of imidazole rings is 1. The number of aromatic nitrogens is 2. The molecule has 1 aromatic heterocycles. The van der Waals surface area contributed by atoms with E-state index in [1.807, 2.05) is 43.4 Å². The average Bonchev–Trinajstić information content (AvgIpc) is 2.73. The second-order valence-electron chi connectivity index (χ2n) is 4.97. The van der Waals surface area contributed by atoms with Crippen molar-refractivity contribution in [2.24, 2.45) is 7.05 Å². The summed E-state index contributed by atoms with van der Waals surface area (Å²) in [5.41, 5.74) is 9.89. The first-order valence-corrected chi connectivity index (χ1v) is 6.96. The quantitative estimate of drug-likeness (QED) is 0.747. The van der Waals surface area contributed by atoms with E-state index in [1.165, 1.54) is 5.56 Å². The Morgan fingerprint density at radius 3 is 2.80 bits per heavy atom. The molecule has 0 saturated heterocycles. The SMILES string of the molecule is Cn1c(CCc2cccc(N)c2)nc2ccc(Cl)cc21. The van der Waals surface area contributed by atoms with Gasteiger partial charge in [-0.25, -0.2) is 4.98 Å². The summed E-state index contributed by atoms with van der Waals surface area (Å²) in [6.07, 6.45) is 1.81. The van der Waals surface area contributed by atoms with Crippen LogP contribution in [0.1, 0.15) is 11.4 Å². The van der Waals surface area contributed by atoms with Crippen molar-refractivity contribution in [2.45, 2.75) is 12.8 Å². The highest BCUT2D eigenvalue weighted by Gasteiger charge is 2.08. The maximum atomic E-state index is 6.04. The largest absolute Gasteiger partial charge is 0.399 e. The van der Waals surface area contributed by atoms with E-state index in [2.05, 4.69) is 15.6 Å². The Labute approximate surface area is 123 Å². The number of nitrogen functional groups attached to an aromatic ring is 1. The first-order valence-electron chi connectivity index (χ1n) is 6.59. The summed E-state index contributed by atoms with van der Waals surface area (Å²) in [6.45, 7) is 0. The Balaban J connectivity index is 1.86. The molecule has 0 spiro atoms. The lowest BCUT2D eigenvalue weighted by molar-refractivity contribution is 0.787. The molecule has 20 heavy (non-hydrogen) atoms. The first kappa shape index (κ1) is 13.0. The van der Waals surface area contributed by atoms with Crippen LogP contribution in [0.25, 0.3) is 11.0 Å². The van der Waals surface area contributed by atoms with Gasteiger partial charge in [0.05, 0.1) is 11.0 Å². The van der Waals surface area contributed by atoms with Gasteiger partial charge in [-0.05, 0) is 42.3 Å². The molecular weight excluding hydrogens is 270 g/mol. The van der Waals surface area contributed by atoms with Gasteiger partial charge in [-0.3, -0.25) is 0 Å². The molecule has 0 amide bonds. The molecule has 0 radical (unpaired) electrons. The van der Waals surface area contributed by atoms with Crippen molar-refractivity contribution in [3.8, 4) is 0 Å². The van der Waals surface area contributed by atoms with Crippen LogP contribution in [0.2, 0.25) is 5.02 Å². The van der Waals surface area contributed by atoms with E-state index in [-0.39, 0.29) is 0 Å². The minimum atomic E-state index is 0.739. The van der Waals surface area contributed by atoms with Crippen molar-refractivity contribution in [3.05, 3.63) is 58.9 Å². The minimum absolute atomic E-state index is 0.739. The van der Waals surface area contributed by atoms with E-state index in [4.69, 9.17) is 17.3 Å². The van der Waals surface area contributed by atoms with Gasteiger partial charge in [0.2, 0.25) is 0 Å².